The fourth-order valence-corrected chi connectivity index (χ4v) is 3.52. The molecule has 4 aromatic rings. The van der Waals surface area contributed by atoms with Crippen LogP contribution in [-0.4, -0.2) is 21.2 Å². The molecule has 0 fully saturated rings. The number of fused-ring (bicyclic) bond motifs is 2. The van der Waals surface area contributed by atoms with E-state index in [9.17, 15) is 0 Å². The lowest BCUT2D eigenvalue weighted by Crippen LogP contribution is -2.00. The van der Waals surface area contributed by atoms with Crippen LogP contribution in [0.5, 0.6) is 0 Å². The Morgan fingerprint density at radius 2 is 2.04 bits per heavy atom. The molecule has 0 saturated carbocycles. The molecular weight excluding hydrogens is 336 g/mol. The highest BCUT2D eigenvalue weighted by molar-refractivity contribution is 5.93. The lowest BCUT2D eigenvalue weighted by Gasteiger charge is -2.12. The van der Waals surface area contributed by atoms with Crippen LogP contribution in [0.15, 0.2) is 53.7 Å². The molecule has 2 aromatic heterocycles. The molecule has 0 aliphatic carbocycles. The van der Waals surface area contributed by atoms with Crippen LogP contribution in [0.4, 0.5) is 17.5 Å². The number of nitrogens with zero attached hydrogens (tertiary/aromatic N) is 3. The molecule has 0 radical (unpaired) electrons. The lowest BCUT2D eigenvalue weighted by atomic mass is 9.99. The number of anilines is 3. The SMILES string of the molecule is Cc1ccc2[nH]c(-c3cc(Nc4ccnc(N)n4)cc4c3CN=C4)cc2c1. The van der Waals surface area contributed by atoms with Gasteiger partial charge in [-0.05, 0) is 48.9 Å². The Labute approximate surface area is 156 Å². The molecule has 5 rings (SSSR count). The molecule has 27 heavy (non-hydrogen) atoms. The molecule has 4 N–H and O–H groups in total. The summed E-state index contributed by atoms with van der Waals surface area (Å²) >= 11 is 0. The summed E-state index contributed by atoms with van der Waals surface area (Å²) < 4.78 is 0. The molecule has 1 aliphatic heterocycles. The van der Waals surface area contributed by atoms with Crippen molar-refractivity contribution in [3.63, 3.8) is 0 Å². The average molecular weight is 354 g/mol. The van der Waals surface area contributed by atoms with Crippen molar-refractivity contribution in [2.24, 2.45) is 4.99 Å². The number of hydrogen-bond donors (Lipinski definition) is 3. The van der Waals surface area contributed by atoms with Gasteiger partial charge in [-0.1, -0.05) is 11.6 Å². The molecular formula is C21H18N6. The minimum Gasteiger partial charge on any atom is -0.368 e. The zero-order valence-corrected chi connectivity index (χ0v) is 14.8. The fourth-order valence-electron chi connectivity index (χ4n) is 3.52. The van der Waals surface area contributed by atoms with E-state index in [1.54, 1.807) is 12.3 Å². The summed E-state index contributed by atoms with van der Waals surface area (Å²) in [6.45, 7) is 2.80. The normalized spacial score (nSPS) is 12.5. The van der Waals surface area contributed by atoms with E-state index in [1.165, 1.54) is 16.5 Å². The second kappa shape index (κ2) is 5.95. The quantitative estimate of drug-likeness (QED) is 0.514. The lowest BCUT2D eigenvalue weighted by molar-refractivity contribution is 1.11. The summed E-state index contributed by atoms with van der Waals surface area (Å²) in [7, 11) is 0. The van der Waals surface area contributed by atoms with Gasteiger partial charge in [-0.15, -0.1) is 0 Å². The standard InChI is InChI=1S/C21H18N6/c1-12-2-3-18-13(6-12)8-19(26-18)16-9-15(7-14-10-23-11-17(14)16)25-20-4-5-24-21(22)27-20/h2-10,26H,11H2,1H3,(H3,22,24,25,27). The van der Waals surface area contributed by atoms with E-state index in [2.05, 4.69) is 68.6 Å². The number of nitrogens with one attached hydrogen (secondary N) is 2. The van der Waals surface area contributed by atoms with Gasteiger partial charge in [0.2, 0.25) is 5.95 Å². The van der Waals surface area contributed by atoms with Gasteiger partial charge in [-0.3, -0.25) is 4.99 Å². The first-order chi connectivity index (χ1) is 13.2. The van der Waals surface area contributed by atoms with Crippen LogP contribution in [0.2, 0.25) is 0 Å². The summed E-state index contributed by atoms with van der Waals surface area (Å²) in [5, 5.41) is 4.53. The monoisotopic (exact) mass is 354 g/mol. The Hall–Kier alpha value is -3.67. The van der Waals surface area contributed by atoms with Crippen molar-refractivity contribution in [3.8, 4) is 11.3 Å². The molecule has 0 saturated heterocycles. The highest BCUT2D eigenvalue weighted by Gasteiger charge is 2.16. The van der Waals surface area contributed by atoms with Crippen molar-refractivity contribution >= 4 is 34.6 Å². The predicted molar refractivity (Wildman–Crippen MR) is 109 cm³/mol. The number of nitrogen functional groups attached to an aromatic ring is 1. The van der Waals surface area contributed by atoms with Gasteiger partial charge in [0.15, 0.2) is 0 Å². The largest absolute Gasteiger partial charge is 0.368 e. The van der Waals surface area contributed by atoms with Crippen LogP contribution >= 0.6 is 0 Å². The molecule has 2 aromatic carbocycles. The Kier molecular flexibility index (Phi) is 3.43. The summed E-state index contributed by atoms with van der Waals surface area (Å²) in [4.78, 5) is 16.2. The van der Waals surface area contributed by atoms with Gasteiger partial charge in [0, 0.05) is 45.8 Å². The zero-order chi connectivity index (χ0) is 18.4. The number of aryl methyl sites for hydroxylation is 1. The van der Waals surface area contributed by atoms with Crippen molar-refractivity contribution in [1.82, 2.24) is 15.0 Å². The molecule has 0 unspecified atom stereocenters. The molecule has 132 valence electrons. The maximum Gasteiger partial charge on any atom is 0.221 e. The van der Waals surface area contributed by atoms with Crippen LogP contribution in [0.1, 0.15) is 16.7 Å². The topological polar surface area (TPSA) is 92.0 Å². The maximum absolute atomic E-state index is 5.69. The number of aliphatic imine (C=N–C) groups is 1. The minimum absolute atomic E-state index is 0.244. The first kappa shape index (κ1) is 15.6. The smallest absolute Gasteiger partial charge is 0.221 e. The van der Waals surface area contributed by atoms with Gasteiger partial charge >= 0.3 is 0 Å². The van der Waals surface area contributed by atoms with Gasteiger partial charge in [0.25, 0.3) is 0 Å². The van der Waals surface area contributed by atoms with Crippen LogP contribution < -0.4 is 11.1 Å². The van der Waals surface area contributed by atoms with Gasteiger partial charge in [0.1, 0.15) is 5.82 Å². The van der Waals surface area contributed by atoms with E-state index < -0.39 is 0 Å². The summed E-state index contributed by atoms with van der Waals surface area (Å²) in [5.74, 6) is 0.907. The Balaban J connectivity index is 1.62. The predicted octanol–water partition coefficient (Wildman–Crippen LogP) is 4.19. The van der Waals surface area contributed by atoms with Crippen LogP contribution in [0, 0.1) is 6.92 Å². The molecule has 6 nitrogen and oxygen atoms in total. The van der Waals surface area contributed by atoms with Crippen LogP contribution in [-0.2, 0) is 6.54 Å². The highest BCUT2D eigenvalue weighted by Crippen LogP contribution is 2.34. The second-order valence-electron chi connectivity index (χ2n) is 6.76. The highest BCUT2D eigenvalue weighted by atomic mass is 15.1. The number of benzene rings is 2. The molecule has 1 aliphatic rings. The van der Waals surface area contributed by atoms with Gasteiger partial charge in [-0.2, -0.15) is 4.98 Å². The average Bonchev–Trinajstić information content (AvgIpc) is 3.27. The number of aromatic amines is 1. The maximum atomic E-state index is 5.69. The summed E-state index contributed by atoms with van der Waals surface area (Å²) in [5.41, 5.74) is 13.6. The van der Waals surface area contributed by atoms with E-state index in [0.717, 1.165) is 28.0 Å². The van der Waals surface area contributed by atoms with Gasteiger partial charge < -0.3 is 16.0 Å². The van der Waals surface area contributed by atoms with E-state index in [4.69, 9.17) is 5.73 Å². The van der Waals surface area contributed by atoms with Crippen LogP contribution in [0.25, 0.3) is 22.2 Å². The molecule has 0 amide bonds. The molecule has 3 heterocycles. The van der Waals surface area contributed by atoms with Crippen LogP contribution in [0.3, 0.4) is 0 Å². The Morgan fingerprint density at radius 1 is 1.11 bits per heavy atom. The Bertz CT molecular complexity index is 1200. The fraction of sp³-hybridized carbons (Fsp3) is 0.0952. The van der Waals surface area contributed by atoms with E-state index in [0.29, 0.717) is 12.4 Å². The third-order valence-electron chi connectivity index (χ3n) is 4.78. The third-order valence-corrected chi connectivity index (χ3v) is 4.78. The first-order valence-corrected chi connectivity index (χ1v) is 8.78. The second-order valence-corrected chi connectivity index (χ2v) is 6.76. The summed E-state index contributed by atoms with van der Waals surface area (Å²) in [6, 6.07) is 14.6. The number of nitrogens with two attached hydrogens (primary N) is 1. The van der Waals surface area contributed by atoms with Crippen molar-refractivity contribution in [1.29, 1.82) is 0 Å². The molecule has 6 heteroatoms. The number of H-pyrrole nitrogens is 1. The summed E-state index contributed by atoms with van der Waals surface area (Å²) in [6.07, 6.45) is 3.56. The van der Waals surface area contributed by atoms with E-state index >= 15 is 0 Å². The third kappa shape index (κ3) is 2.81. The van der Waals surface area contributed by atoms with Crippen molar-refractivity contribution in [2.45, 2.75) is 13.5 Å². The van der Waals surface area contributed by atoms with Crippen molar-refractivity contribution in [3.05, 3.63) is 65.4 Å². The molecule has 0 bridgehead atoms. The number of rotatable bonds is 3. The number of hydrogen-bond acceptors (Lipinski definition) is 5. The molecule has 0 atom stereocenters. The first-order valence-electron chi connectivity index (χ1n) is 8.78. The van der Waals surface area contributed by atoms with E-state index in [-0.39, 0.29) is 5.95 Å². The van der Waals surface area contributed by atoms with Gasteiger partial charge in [0.05, 0.1) is 6.54 Å². The van der Waals surface area contributed by atoms with Crippen molar-refractivity contribution < 1.29 is 0 Å². The molecule has 0 spiro atoms. The number of aromatic nitrogens is 3. The van der Waals surface area contributed by atoms with E-state index in [1.807, 2.05) is 6.21 Å². The van der Waals surface area contributed by atoms with Gasteiger partial charge in [-0.25, -0.2) is 4.98 Å². The van der Waals surface area contributed by atoms with Crippen molar-refractivity contribution in [2.75, 3.05) is 11.1 Å². The minimum atomic E-state index is 0.244. The zero-order valence-electron chi connectivity index (χ0n) is 14.8. The Morgan fingerprint density at radius 3 is 2.93 bits per heavy atom.